The van der Waals surface area contributed by atoms with Gasteiger partial charge in [0.05, 0.1) is 18.4 Å². The number of hydrogen-bond acceptors (Lipinski definition) is 4. The molecule has 148 valence electrons. The van der Waals surface area contributed by atoms with Crippen molar-refractivity contribution >= 4 is 11.8 Å². The molecule has 0 spiro atoms. The van der Waals surface area contributed by atoms with Gasteiger partial charge in [-0.2, -0.15) is 5.10 Å². The lowest BCUT2D eigenvalue weighted by molar-refractivity contribution is -0.140. The highest BCUT2D eigenvalue weighted by molar-refractivity contribution is 5.85. The second kappa shape index (κ2) is 7.71. The fourth-order valence-electron chi connectivity index (χ4n) is 3.89. The van der Waals surface area contributed by atoms with Gasteiger partial charge < -0.3 is 15.1 Å². The first kappa shape index (κ1) is 18.6. The van der Waals surface area contributed by atoms with E-state index in [1.807, 2.05) is 6.20 Å². The molecule has 2 bridgehead atoms. The Labute approximate surface area is 163 Å². The minimum atomic E-state index is -0.298. The van der Waals surface area contributed by atoms with Crippen molar-refractivity contribution in [3.05, 3.63) is 48.0 Å². The smallest absolute Gasteiger partial charge is 0.242 e. The summed E-state index contributed by atoms with van der Waals surface area (Å²) in [4.78, 5) is 28.3. The third-order valence-corrected chi connectivity index (χ3v) is 5.45. The fraction of sp³-hybridized carbons (Fsp3) is 0.450. The van der Waals surface area contributed by atoms with Crippen LogP contribution in [-0.2, 0) is 16.1 Å². The minimum absolute atomic E-state index is 0.0468. The molecule has 1 N–H and O–H groups in total. The van der Waals surface area contributed by atoms with E-state index < -0.39 is 0 Å². The maximum absolute atomic E-state index is 13.1. The zero-order chi connectivity index (χ0) is 19.7. The molecule has 0 aliphatic carbocycles. The highest BCUT2D eigenvalue weighted by atomic mass is 19.1. The Morgan fingerprint density at radius 2 is 2.04 bits per heavy atom. The molecule has 2 saturated heterocycles. The first-order valence-electron chi connectivity index (χ1n) is 9.55. The van der Waals surface area contributed by atoms with Gasteiger partial charge in [0, 0.05) is 50.4 Å². The minimum Gasteiger partial charge on any atom is -0.340 e. The maximum Gasteiger partial charge on any atom is 0.242 e. The predicted octanol–water partition coefficient (Wildman–Crippen LogP) is 1.32. The van der Waals surface area contributed by atoms with E-state index in [9.17, 15) is 14.0 Å². The lowest BCUT2D eigenvalue weighted by Gasteiger charge is -2.26. The van der Waals surface area contributed by atoms with Gasteiger partial charge in [0.1, 0.15) is 5.82 Å². The summed E-state index contributed by atoms with van der Waals surface area (Å²) in [5, 5.41) is 7.73. The van der Waals surface area contributed by atoms with E-state index in [0.29, 0.717) is 25.6 Å². The number of carbonyl (C=O) groups excluding carboxylic acids is 2. The van der Waals surface area contributed by atoms with Gasteiger partial charge in [-0.3, -0.25) is 9.59 Å². The van der Waals surface area contributed by atoms with Crippen LogP contribution in [0.1, 0.15) is 24.8 Å². The van der Waals surface area contributed by atoms with Crippen LogP contribution in [0.4, 0.5) is 4.39 Å². The van der Waals surface area contributed by atoms with Crippen LogP contribution >= 0.6 is 0 Å². The van der Waals surface area contributed by atoms with Crippen molar-refractivity contribution in [1.29, 1.82) is 0 Å². The first-order chi connectivity index (χ1) is 13.5. The van der Waals surface area contributed by atoms with Gasteiger partial charge in [-0.15, -0.1) is 0 Å². The third kappa shape index (κ3) is 4.06. The van der Waals surface area contributed by atoms with Crippen LogP contribution in [-0.4, -0.2) is 63.6 Å². The molecule has 2 unspecified atom stereocenters. The molecule has 2 fully saturated rings. The third-order valence-electron chi connectivity index (χ3n) is 5.45. The van der Waals surface area contributed by atoms with E-state index in [-0.39, 0.29) is 30.2 Å². The van der Waals surface area contributed by atoms with Crippen LogP contribution in [0.3, 0.4) is 0 Å². The van der Waals surface area contributed by atoms with Gasteiger partial charge in [-0.1, -0.05) is 0 Å². The number of amides is 2. The monoisotopic (exact) mass is 385 g/mol. The van der Waals surface area contributed by atoms with Crippen molar-refractivity contribution in [3.8, 4) is 5.69 Å². The molecule has 2 atom stereocenters. The topological polar surface area (TPSA) is 70.5 Å². The largest absolute Gasteiger partial charge is 0.340 e. The highest BCUT2D eigenvalue weighted by Gasteiger charge is 2.34. The Hall–Kier alpha value is -2.74. The Kier molecular flexibility index (Phi) is 5.13. The van der Waals surface area contributed by atoms with Crippen molar-refractivity contribution in [3.63, 3.8) is 0 Å². The predicted molar refractivity (Wildman–Crippen MR) is 101 cm³/mol. The summed E-state index contributed by atoms with van der Waals surface area (Å²) in [6.45, 7) is 1.09. The Morgan fingerprint density at radius 1 is 1.29 bits per heavy atom. The molecule has 28 heavy (non-hydrogen) atoms. The number of fused-ring (bicyclic) bond motifs is 2. The second-order valence-corrected chi connectivity index (χ2v) is 7.64. The number of likely N-dealkylation sites (tertiary alicyclic amines) is 1. The molecule has 2 amide bonds. The summed E-state index contributed by atoms with van der Waals surface area (Å²) in [5.41, 5.74) is 1.61. The van der Waals surface area contributed by atoms with Gasteiger partial charge >= 0.3 is 0 Å². The van der Waals surface area contributed by atoms with Gasteiger partial charge in [0.25, 0.3) is 0 Å². The summed E-state index contributed by atoms with van der Waals surface area (Å²) in [6.07, 6.45) is 6.07. The molecule has 7 nitrogen and oxygen atoms in total. The van der Waals surface area contributed by atoms with Gasteiger partial charge in [-0.25, -0.2) is 9.07 Å². The number of hydrogen-bond donors (Lipinski definition) is 1. The van der Waals surface area contributed by atoms with Crippen molar-refractivity contribution in [2.24, 2.45) is 0 Å². The molecule has 2 aromatic rings. The van der Waals surface area contributed by atoms with E-state index in [1.54, 1.807) is 39.9 Å². The van der Waals surface area contributed by atoms with Crippen molar-refractivity contribution in [1.82, 2.24) is 24.9 Å². The maximum atomic E-state index is 13.1. The summed E-state index contributed by atoms with van der Waals surface area (Å²) >= 11 is 0. The summed E-state index contributed by atoms with van der Waals surface area (Å²) < 4.78 is 14.7. The fourth-order valence-corrected chi connectivity index (χ4v) is 3.89. The number of aromatic nitrogens is 2. The van der Waals surface area contributed by atoms with Crippen LogP contribution in [0.5, 0.6) is 0 Å². The lowest BCUT2D eigenvalue weighted by Crippen LogP contribution is -2.44. The molecule has 1 aromatic carbocycles. The van der Waals surface area contributed by atoms with Crippen LogP contribution in [0.15, 0.2) is 36.7 Å². The SMILES string of the molecule is CN(Cc1cnn(-c2ccc(F)cc2)c1)C(=O)CN1CC2CCC(CC1=O)N2. The number of carbonyl (C=O) groups is 2. The number of nitrogens with zero attached hydrogens (tertiary/aromatic N) is 4. The Bertz CT molecular complexity index is 866. The number of halogens is 1. The summed E-state index contributed by atoms with van der Waals surface area (Å²) in [6, 6.07) is 6.61. The number of benzene rings is 1. The molecular weight excluding hydrogens is 361 g/mol. The van der Waals surface area contributed by atoms with Crippen molar-refractivity contribution < 1.29 is 14.0 Å². The normalized spacial score (nSPS) is 21.6. The zero-order valence-corrected chi connectivity index (χ0v) is 15.8. The average Bonchev–Trinajstić information content (AvgIpc) is 3.27. The molecule has 2 aliphatic heterocycles. The first-order valence-corrected chi connectivity index (χ1v) is 9.55. The van der Waals surface area contributed by atoms with Gasteiger partial charge in [0.15, 0.2) is 0 Å². The van der Waals surface area contributed by atoms with E-state index in [0.717, 1.165) is 24.1 Å². The quantitative estimate of drug-likeness (QED) is 0.843. The van der Waals surface area contributed by atoms with Gasteiger partial charge in [0.2, 0.25) is 11.8 Å². The zero-order valence-electron chi connectivity index (χ0n) is 15.8. The molecule has 4 rings (SSSR count). The molecule has 8 heteroatoms. The van der Waals surface area contributed by atoms with Crippen LogP contribution < -0.4 is 5.32 Å². The molecular formula is C20H24FN5O2. The van der Waals surface area contributed by atoms with E-state index in [4.69, 9.17) is 0 Å². The van der Waals surface area contributed by atoms with Crippen LogP contribution in [0, 0.1) is 5.82 Å². The molecule has 1 aromatic heterocycles. The molecule has 3 heterocycles. The molecule has 0 saturated carbocycles. The summed E-state index contributed by atoms with van der Waals surface area (Å²) in [5.74, 6) is -0.348. The molecule has 0 radical (unpaired) electrons. The van der Waals surface area contributed by atoms with Gasteiger partial charge in [-0.05, 0) is 37.1 Å². The summed E-state index contributed by atoms with van der Waals surface area (Å²) in [7, 11) is 1.73. The average molecular weight is 385 g/mol. The van der Waals surface area contributed by atoms with Crippen molar-refractivity contribution in [2.75, 3.05) is 20.1 Å². The second-order valence-electron chi connectivity index (χ2n) is 7.64. The Morgan fingerprint density at radius 3 is 2.82 bits per heavy atom. The number of rotatable bonds is 5. The van der Waals surface area contributed by atoms with E-state index in [1.165, 1.54) is 12.1 Å². The highest BCUT2D eigenvalue weighted by Crippen LogP contribution is 2.21. The Balaban J connectivity index is 1.35. The number of likely N-dealkylation sites (N-methyl/N-ethyl adjacent to an activating group) is 1. The lowest BCUT2D eigenvalue weighted by atomic mass is 10.1. The molecule has 2 aliphatic rings. The van der Waals surface area contributed by atoms with Crippen LogP contribution in [0.2, 0.25) is 0 Å². The van der Waals surface area contributed by atoms with E-state index >= 15 is 0 Å². The van der Waals surface area contributed by atoms with Crippen LogP contribution in [0.25, 0.3) is 5.69 Å². The standard InChI is InChI=1S/C20H24FN5O2/c1-24(10-14-9-22-26(11-14)18-6-2-15(21)3-7-18)20(28)13-25-12-17-5-4-16(23-17)8-19(25)27/h2-3,6-7,9,11,16-17,23H,4-5,8,10,12-13H2,1H3. The van der Waals surface area contributed by atoms with E-state index in [2.05, 4.69) is 10.4 Å². The van der Waals surface area contributed by atoms with Crippen molar-refractivity contribution in [2.45, 2.75) is 37.9 Å². The number of nitrogens with one attached hydrogen (secondary N) is 1.